The first-order valence-electron chi connectivity index (χ1n) is 9.83. The lowest BCUT2D eigenvalue weighted by molar-refractivity contribution is -0.122. The van der Waals surface area contributed by atoms with Crippen LogP contribution in [0.25, 0.3) is 0 Å². The summed E-state index contributed by atoms with van der Waals surface area (Å²) < 4.78 is 5.91. The zero-order chi connectivity index (χ0) is 17.6. The summed E-state index contributed by atoms with van der Waals surface area (Å²) in [4.78, 5) is 12.4. The molecule has 0 aromatic heterocycles. The number of rotatable bonds is 8. The molecule has 2 aliphatic heterocycles. The Labute approximate surface area is 163 Å². The standard InChI is InChI=1S/C21H32N2O2.ClH/c1-15(2)9-10-25-20-6-4-3-5-17(20)14-22-21(24)13-16-11-18-7-8-19(12-16)23-18;/h3-6,15-16,18-19,23H,7-14H2,1-2H3,(H,22,24);1H. The van der Waals surface area contributed by atoms with Crippen LogP contribution in [0.4, 0.5) is 0 Å². The van der Waals surface area contributed by atoms with Crippen molar-refractivity contribution in [3.63, 3.8) is 0 Å². The van der Waals surface area contributed by atoms with Crippen LogP contribution in [0.5, 0.6) is 5.75 Å². The molecule has 0 aliphatic carbocycles. The number of hydrogen-bond acceptors (Lipinski definition) is 3. The number of carbonyl (C=O) groups is 1. The molecule has 1 aromatic rings. The summed E-state index contributed by atoms with van der Waals surface area (Å²) in [6, 6.07) is 9.31. The number of para-hydroxylation sites is 1. The lowest BCUT2D eigenvalue weighted by Gasteiger charge is -2.28. The molecule has 3 rings (SSSR count). The Hall–Kier alpha value is -1.26. The van der Waals surface area contributed by atoms with E-state index in [1.54, 1.807) is 0 Å². The number of amides is 1. The molecule has 0 spiro atoms. The second-order valence-electron chi connectivity index (χ2n) is 8.09. The highest BCUT2D eigenvalue weighted by Gasteiger charge is 2.34. The summed E-state index contributed by atoms with van der Waals surface area (Å²) in [7, 11) is 0. The molecule has 2 atom stereocenters. The van der Waals surface area contributed by atoms with Crippen LogP contribution in [0.1, 0.15) is 57.9 Å². The third-order valence-corrected chi connectivity index (χ3v) is 5.45. The quantitative estimate of drug-likeness (QED) is 0.714. The Morgan fingerprint density at radius 2 is 1.92 bits per heavy atom. The first-order chi connectivity index (χ1) is 12.1. The summed E-state index contributed by atoms with van der Waals surface area (Å²) in [6.45, 7) is 5.67. The first-order valence-corrected chi connectivity index (χ1v) is 9.83. The molecule has 2 unspecified atom stereocenters. The van der Waals surface area contributed by atoms with E-state index < -0.39 is 0 Å². The van der Waals surface area contributed by atoms with Crippen molar-refractivity contribution in [1.29, 1.82) is 0 Å². The fourth-order valence-electron chi connectivity index (χ4n) is 4.07. The Balaban J connectivity index is 0.00000243. The van der Waals surface area contributed by atoms with Gasteiger partial charge in [0.25, 0.3) is 0 Å². The Morgan fingerprint density at radius 3 is 2.62 bits per heavy atom. The van der Waals surface area contributed by atoms with E-state index in [9.17, 15) is 4.79 Å². The van der Waals surface area contributed by atoms with Gasteiger partial charge in [-0.25, -0.2) is 0 Å². The molecule has 1 aromatic carbocycles. The minimum atomic E-state index is 0. The molecule has 0 radical (unpaired) electrons. The molecule has 2 bridgehead atoms. The number of carbonyl (C=O) groups excluding carboxylic acids is 1. The third kappa shape index (κ3) is 6.17. The van der Waals surface area contributed by atoms with Gasteiger partial charge in [-0.2, -0.15) is 0 Å². The third-order valence-electron chi connectivity index (χ3n) is 5.45. The number of nitrogens with one attached hydrogen (secondary N) is 2. The van der Waals surface area contributed by atoms with Gasteiger partial charge in [-0.05, 0) is 50.0 Å². The molecule has 146 valence electrons. The molecule has 2 aliphatic rings. The van der Waals surface area contributed by atoms with Gasteiger partial charge in [0, 0.05) is 30.6 Å². The molecular formula is C21H33ClN2O2. The summed E-state index contributed by atoms with van der Waals surface area (Å²) >= 11 is 0. The average Bonchev–Trinajstić information content (AvgIpc) is 2.92. The number of ether oxygens (including phenoxy) is 1. The van der Waals surface area contributed by atoms with Gasteiger partial charge < -0.3 is 15.4 Å². The second-order valence-corrected chi connectivity index (χ2v) is 8.09. The summed E-state index contributed by atoms with van der Waals surface area (Å²) in [5.74, 6) is 2.23. The average molecular weight is 381 g/mol. The Kier molecular flexibility index (Phi) is 8.23. The van der Waals surface area contributed by atoms with Gasteiger partial charge >= 0.3 is 0 Å². The van der Waals surface area contributed by atoms with Crippen LogP contribution in [0, 0.1) is 11.8 Å². The van der Waals surface area contributed by atoms with Crippen molar-refractivity contribution in [2.45, 2.75) is 71.0 Å². The second kappa shape index (κ2) is 10.2. The zero-order valence-electron chi connectivity index (χ0n) is 16.0. The Morgan fingerprint density at radius 1 is 1.23 bits per heavy atom. The SMILES string of the molecule is CC(C)CCOc1ccccc1CNC(=O)CC1CC2CCC(C1)N2.Cl. The van der Waals surface area contributed by atoms with E-state index in [1.807, 2.05) is 24.3 Å². The van der Waals surface area contributed by atoms with Crippen molar-refractivity contribution in [1.82, 2.24) is 10.6 Å². The van der Waals surface area contributed by atoms with E-state index >= 15 is 0 Å². The molecule has 2 fully saturated rings. The maximum atomic E-state index is 12.4. The lowest BCUT2D eigenvalue weighted by atomic mass is 9.89. The summed E-state index contributed by atoms with van der Waals surface area (Å²) in [5.41, 5.74) is 1.06. The fourth-order valence-corrected chi connectivity index (χ4v) is 4.07. The van der Waals surface area contributed by atoms with Crippen LogP contribution in [-0.4, -0.2) is 24.6 Å². The molecule has 26 heavy (non-hydrogen) atoms. The fraction of sp³-hybridized carbons (Fsp3) is 0.667. The highest BCUT2D eigenvalue weighted by Crippen LogP contribution is 2.32. The molecule has 5 heteroatoms. The zero-order valence-corrected chi connectivity index (χ0v) is 16.8. The van der Waals surface area contributed by atoms with Crippen LogP contribution in [0.2, 0.25) is 0 Å². The van der Waals surface area contributed by atoms with Gasteiger partial charge in [0.1, 0.15) is 5.75 Å². The Bertz CT molecular complexity index is 567. The van der Waals surface area contributed by atoms with Crippen LogP contribution in [0.15, 0.2) is 24.3 Å². The molecule has 0 saturated carbocycles. The van der Waals surface area contributed by atoms with Crippen LogP contribution >= 0.6 is 12.4 Å². The van der Waals surface area contributed by atoms with Crippen molar-refractivity contribution >= 4 is 18.3 Å². The number of halogens is 1. The van der Waals surface area contributed by atoms with Gasteiger partial charge in [-0.1, -0.05) is 32.0 Å². The van der Waals surface area contributed by atoms with E-state index in [0.717, 1.165) is 37.2 Å². The minimum Gasteiger partial charge on any atom is -0.493 e. The van der Waals surface area contributed by atoms with Gasteiger partial charge in [-0.15, -0.1) is 12.4 Å². The molecule has 1 amide bonds. The van der Waals surface area contributed by atoms with Crippen LogP contribution in [0.3, 0.4) is 0 Å². The number of piperidine rings is 1. The highest BCUT2D eigenvalue weighted by atomic mass is 35.5. The van der Waals surface area contributed by atoms with Gasteiger partial charge in [0.05, 0.1) is 6.61 Å². The molecule has 2 N–H and O–H groups in total. The maximum absolute atomic E-state index is 12.4. The lowest BCUT2D eigenvalue weighted by Crippen LogP contribution is -2.39. The van der Waals surface area contributed by atoms with Gasteiger partial charge in [0.2, 0.25) is 5.91 Å². The minimum absolute atomic E-state index is 0. The van der Waals surface area contributed by atoms with Crippen LogP contribution in [-0.2, 0) is 11.3 Å². The van der Waals surface area contributed by atoms with Crippen molar-refractivity contribution in [2.75, 3.05) is 6.61 Å². The maximum Gasteiger partial charge on any atom is 0.220 e. The molecule has 2 saturated heterocycles. The predicted octanol–water partition coefficient (Wildman–Crippen LogP) is 4.07. The van der Waals surface area contributed by atoms with Gasteiger partial charge in [-0.3, -0.25) is 4.79 Å². The molecule has 2 heterocycles. The largest absolute Gasteiger partial charge is 0.493 e. The number of hydrogen-bond donors (Lipinski definition) is 2. The molecule has 4 nitrogen and oxygen atoms in total. The van der Waals surface area contributed by atoms with Crippen molar-refractivity contribution in [3.8, 4) is 5.75 Å². The number of fused-ring (bicyclic) bond motifs is 2. The predicted molar refractivity (Wildman–Crippen MR) is 108 cm³/mol. The number of benzene rings is 1. The smallest absolute Gasteiger partial charge is 0.220 e. The van der Waals surface area contributed by atoms with E-state index in [2.05, 4.69) is 24.5 Å². The summed E-state index contributed by atoms with van der Waals surface area (Å²) in [6.07, 6.45) is 6.56. The van der Waals surface area contributed by atoms with E-state index in [1.165, 1.54) is 12.8 Å². The normalized spacial score (nSPS) is 24.2. The van der Waals surface area contributed by atoms with E-state index in [-0.39, 0.29) is 18.3 Å². The van der Waals surface area contributed by atoms with Crippen molar-refractivity contribution in [2.24, 2.45) is 11.8 Å². The topological polar surface area (TPSA) is 50.4 Å². The summed E-state index contributed by atoms with van der Waals surface area (Å²) in [5, 5.41) is 6.73. The van der Waals surface area contributed by atoms with Crippen molar-refractivity contribution in [3.05, 3.63) is 29.8 Å². The van der Waals surface area contributed by atoms with E-state index in [0.29, 0.717) is 36.9 Å². The monoisotopic (exact) mass is 380 g/mol. The van der Waals surface area contributed by atoms with E-state index in [4.69, 9.17) is 4.74 Å². The van der Waals surface area contributed by atoms with Gasteiger partial charge in [0.15, 0.2) is 0 Å². The van der Waals surface area contributed by atoms with Crippen molar-refractivity contribution < 1.29 is 9.53 Å². The van der Waals surface area contributed by atoms with Crippen LogP contribution < -0.4 is 15.4 Å². The molecular weight excluding hydrogens is 348 g/mol. The highest BCUT2D eigenvalue weighted by molar-refractivity contribution is 5.85. The first kappa shape index (κ1) is 21.0.